The molecule has 0 heterocycles. The summed E-state index contributed by atoms with van der Waals surface area (Å²) in [5.41, 5.74) is 0.340. The molecule has 0 aromatic heterocycles. The van der Waals surface area contributed by atoms with Crippen LogP contribution in [0.1, 0.15) is 11.7 Å². The van der Waals surface area contributed by atoms with Crippen LogP contribution in [0.15, 0.2) is 48.5 Å². The molecule has 0 spiro atoms. The molecule has 20 heavy (non-hydrogen) atoms. The third kappa shape index (κ3) is 3.12. The SMILES string of the molecule is N#CC(OC=O)c1ccc(F)c(Oc2ccccc2)c1. The highest BCUT2D eigenvalue weighted by molar-refractivity contribution is 5.42. The quantitative estimate of drug-likeness (QED) is 0.782. The minimum atomic E-state index is -1.09. The van der Waals surface area contributed by atoms with Gasteiger partial charge < -0.3 is 9.47 Å². The number of nitriles is 1. The van der Waals surface area contributed by atoms with Crippen molar-refractivity contribution in [3.05, 3.63) is 59.9 Å². The number of rotatable bonds is 5. The van der Waals surface area contributed by atoms with Gasteiger partial charge in [0.1, 0.15) is 11.8 Å². The van der Waals surface area contributed by atoms with Crippen LogP contribution >= 0.6 is 0 Å². The van der Waals surface area contributed by atoms with E-state index in [1.807, 2.05) is 6.07 Å². The first-order valence-corrected chi connectivity index (χ1v) is 5.75. The highest BCUT2D eigenvalue weighted by Gasteiger charge is 2.14. The molecule has 0 aliphatic carbocycles. The first-order valence-electron chi connectivity index (χ1n) is 5.75. The van der Waals surface area contributed by atoms with Gasteiger partial charge in [-0.05, 0) is 24.3 Å². The van der Waals surface area contributed by atoms with Crippen molar-refractivity contribution in [2.45, 2.75) is 6.10 Å². The van der Waals surface area contributed by atoms with Crippen LogP contribution in [-0.2, 0) is 9.53 Å². The van der Waals surface area contributed by atoms with Crippen molar-refractivity contribution in [2.24, 2.45) is 0 Å². The lowest BCUT2D eigenvalue weighted by Gasteiger charge is -2.11. The summed E-state index contributed by atoms with van der Waals surface area (Å²) >= 11 is 0. The van der Waals surface area contributed by atoms with Gasteiger partial charge >= 0.3 is 0 Å². The van der Waals surface area contributed by atoms with E-state index in [0.29, 0.717) is 11.3 Å². The van der Waals surface area contributed by atoms with Gasteiger partial charge in [0.15, 0.2) is 11.6 Å². The Morgan fingerprint density at radius 1 is 1.20 bits per heavy atom. The molecule has 4 nitrogen and oxygen atoms in total. The van der Waals surface area contributed by atoms with Crippen molar-refractivity contribution in [3.8, 4) is 17.6 Å². The molecule has 100 valence electrons. The summed E-state index contributed by atoms with van der Waals surface area (Å²) in [6.07, 6.45) is -1.09. The standard InChI is InChI=1S/C15H10FNO3/c16-13-7-6-11(15(9-17)19-10-18)8-14(13)20-12-4-2-1-3-5-12/h1-8,10,15H. The number of nitrogens with zero attached hydrogens (tertiary/aromatic N) is 1. The zero-order chi connectivity index (χ0) is 14.4. The topological polar surface area (TPSA) is 59.3 Å². The summed E-state index contributed by atoms with van der Waals surface area (Å²) < 4.78 is 23.7. The molecule has 2 aromatic rings. The lowest BCUT2D eigenvalue weighted by Crippen LogP contribution is -2.01. The third-order valence-electron chi connectivity index (χ3n) is 2.54. The second kappa shape index (κ2) is 6.34. The van der Waals surface area contributed by atoms with Gasteiger partial charge in [0.25, 0.3) is 6.47 Å². The molecule has 0 bridgehead atoms. The normalized spacial score (nSPS) is 11.2. The van der Waals surface area contributed by atoms with Crippen molar-refractivity contribution < 1.29 is 18.7 Å². The van der Waals surface area contributed by atoms with Gasteiger partial charge in [0.2, 0.25) is 6.10 Å². The lowest BCUT2D eigenvalue weighted by atomic mass is 10.1. The summed E-state index contributed by atoms with van der Waals surface area (Å²) in [7, 11) is 0. The van der Waals surface area contributed by atoms with Crippen molar-refractivity contribution in [1.82, 2.24) is 0 Å². The van der Waals surface area contributed by atoms with Crippen LogP contribution in [-0.4, -0.2) is 6.47 Å². The van der Waals surface area contributed by atoms with Gasteiger partial charge in [-0.3, -0.25) is 4.79 Å². The molecular weight excluding hydrogens is 261 g/mol. The number of benzene rings is 2. The molecule has 1 atom stereocenters. The maximum Gasteiger partial charge on any atom is 0.294 e. The Labute approximate surface area is 115 Å². The van der Waals surface area contributed by atoms with Crippen LogP contribution in [0.5, 0.6) is 11.5 Å². The van der Waals surface area contributed by atoms with E-state index in [2.05, 4.69) is 4.74 Å². The van der Waals surface area contributed by atoms with E-state index < -0.39 is 11.9 Å². The molecule has 0 fully saturated rings. The van der Waals surface area contributed by atoms with Gasteiger partial charge in [-0.1, -0.05) is 24.3 Å². The summed E-state index contributed by atoms with van der Waals surface area (Å²) in [5.74, 6) is -0.141. The minimum absolute atomic E-state index is 0.0385. The van der Waals surface area contributed by atoms with E-state index >= 15 is 0 Å². The predicted octanol–water partition coefficient (Wildman–Crippen LogP) is 3.36. The Kier molecular flexibility index (Phi) is 4.30. The maximum absolute atomic E-state index is 13.7. The van der Waals surface area contributed by atoms with Crippen LogP contribution in [0.25, 0.3) is 0 Å². The maximum atomic E-state index is 13.7. The van der Waals surface area contributed by atoms with Crippen molar-refractivity contribution in [3.63, 3.8) is 0 Å². The summed E-state index contributed by atoms with van der Waals surface area (Å²) in [6, 6.07) is 14.3. The number of para-hydroxylation sites is 1. The summed E-state index contributed by atoms with van der Waals surface area (Å²) in [5, 5.41) is 8.89. The van der Waals surface area contributed by atoms with Gasteiger partial charge in [-0.2, -0.15) is 5.26 Å². The number of carbonyl (C=O) groups is 1. The molecule has 5 heteroatoms. The van der Waals surface area contributed by atoms with Gasteiger partial charge in [-0.25, -0.2) is 4.39 Å². The molecular formula is C15H10FNO3. The van der Waals surface area contributed by atoms with Crippen molar-refractivity contribution in [1.29, 1.82) is 5.26 Å². The number of ether oxygens (including phenoxy) is 2. The van der Waals surface area contributed by atoms with Crippen LogP contribution in [0.3, 0.4) is 0 Å². The molecule has 0 radical (unpaired) electrons. The molecule has 2 aromatic carbocycles. The van der Waals surface area contributed by atoms with Crippen LogP contribution < -0.4 is 4.74 Å². The van der Waals surface area contributed by atoms with E-state index in [4.69, 9.17) is 10.00 Å². The fourth-order valence-electron chi connectivity index (χ4n) is 1.62. The van der Waals surface area contributed by atoms with Crippen molar-refractivity contribution in [2.75, 3.05) is 0 Å². The van der Waals surface area contributed by atoms with E-state index in [9.17, 15) is 9.18 Å². The highest BCUT2D eigenvalue weighted by Crippen LogP contribution is 2.28. The number of carbonyl (C=O) groups excluding carboxylic acids is 1. The zero-order valence-electron chi connectivity index (χ0n) is 10.3. The second-order valence-corrected chi connectivity index (χ2v) is 3.85. The molecule has 0 aliphatic heterocycles. The molecule has 0 saturated heterocycles. The average molecular weight is 271 g/mol. The monoisotopic (exact) mass is 271 g/mol. The smallest absolute Gasteiger partial charge is 0.294 e. The van der Waals surface area contributed by atoms with Gasteiger partial charge in [-0.15, -0.1) is 0 Å². The Balaban J connectivity index is 2.29. The minimum Gasteiger partial charge on any atom is -0.454 e. The summed E-state index contributed by atoms with van der Waals surface area (Å²) in [6.45, 7) is 0.176. The predicted molar refractivity (Wildman–Crippen MR) is 68.4 cm³/mol. The average Bonchev–Trinajstić information content (AvgIpc) is 2.48. The summed E-state index contributed by atoms with van der Waals surface area (Å²) in [4.78, 5) is 10.3. The highest BCUT2D eigenvalue weighted by atomic mass is 19.1. The zero-order valence-corrected chi connectivity index (χ0v) is 10.3. The molecule has 2 rings (SSSR count). The number of halogens is 1. The molecule has 0 saturated carbocycles. The largest absolute Gasteiger partial charge is 0.454 e. The van der Waals surface area contributed by atoms with Crippen LogP contribution in [0.2, 0.25) is 0 Å². The van der Waals surface area contributed by atoms with Crippen LogP contribution in [0, 0.1) is 17.1 Å². The molecule has 0 amide bonds. The van der Waals surface area contributed by atoms with Gasteiger partial charge in [0.05, 0.1) is 0 Å². The van der Waals surface area contributed by atoms with E-state index in [1.165, 1.54) is 12.1 Å². The Bertz CT molecular complexity index is 637. The first-order chi connectivity index (χ1) is 9.74. The number of hydrogen-bond acceptors (Lipinski definition) is 4. The Hall–Kier alpha value is -2.87. The van der Waals surface area contributed by atoms with E-state index in [-0.39, 0.29) is 12.2 Å². The van der Waals surface area contributed by atoms with Crippen molar-refractivity contribution >= 4 is 6.47 Å². The molecule has 0 N–H and O–H groups in total. The number of hydrogen-bond donors (Lipinski definition) is 0. The second-order valence-electron chi connectivity index (χ2n) is 3.85. The fourth-order valence-corrected chi connectivity index (χ4v) is 1.62. The van der Waals surface area contributed by atoms with E-state index in [0.717, 1.165) is 6.07 Å². The van der Waals surface area contributed by atoms with Crippen LogP contribution in [0.4, 0.5) is 4.39 Å². The van der Waals surface area contributed by atoms with E-state index in [1.54, 1.807) is 30.3 Å². The third-order valence-corrected chi connectivity index (χ3v) is 2.54. The lowest BCUT2D eigenvalue weighted by molar-refractivity contribution is -0.131. The first kappa shape index (κ1) is 13.6. The Morgan fingerprint density at radius 2 is 1.95 bits per heavy atom. The Morgan fingerprint density at radius 3 is 2.60 bits per heavy atom. The molecule has 0 aliphatic rings. The molecule has 1 unspecified atom stereocenters. The van der Waals surface area contributed by atoms with Gasteiger partial charge in [0, 0.05) is 5.56 Å². The fraction of sp³-hybridized carbons (Fsp3) is 0.0667.